The van der Waals surface area contributed by atoms with Crippen molar-refractivity contribution in [2.75, 3.05) is 20.1 Å². The van der Waals surface area contributed by atoms with Gasteiger partial charge in [0.2, 0.25) is 0 Å². The lowest BCUT2D eigenvalue weighted by molar-refractivity contribution is 0.0474. The zero-order valence-electron chi connectivity index (χ0n) is 17.8. The van der Waals surface area contributed by atoms with Crippen molar-refractivity contribution in [2.45, 2.75) is 52.2 Å². The predicted octanol–water partition coefficient (Wildman–Crippen LogP) is 3.18. The summed E-state index contributed by atoms with van der Waals surface area (Å²) < 4.78 is 5.32. The van der Waals surface area contributed by atoms with Gasteiger partial charge >= 0.3 is 6.09 Å². The Morgan fingerprint density at radius 2 is 1.86 bits per heavy atom. The summed E-state index contributed by atoms with van der Waals surface area (Å²) in [6.07, 6.45) is 0.427. The van der Waals surface area contributed by atoms with Crippen molar-refractivity contribution in [3.8, 4) is 0 Å². The van der Waals surface area contributed by atoms with Gasteiger partial charge in [-0.05, 0) is 52.1 Å². The number of hydrogen-bond acceptors (Lipinski definition) is 3. The molecular formula is C21H33N5O2. The topological polar surface area (TPSA) is 90.5 Å². The molecule has 7 nitrogen and oxygen atoms in total. The maximum absolute atomic E-state index is 12.0. The number of amides is 1. The summed E-state index contributed by atoms with van der Waals surface area (Å²) in [5.74, 6) is 0.690. The molecule has 0 radical (unpaired) electrons. The van der Waals surface area contributed by atoms with Gasteiger partial charge < -0.3 is 25.7 Å². The number of ether oxygens (including phenoxy) is 1. The van der Waals surface area contributed by atoms with E-state index in [1.165, 1.54) is 11.1 Å². The van der Waals surface area contributed by atoms with Crippen molar-refractivity contribution in [2.24, 2.45) is 4.99 Å². The number of aromatic nitrogens is 1. The Morgan fingerprint density at radius 3 is 2.50 bits per heavy atom. The lowest BCUT2D eigenvalue weighted by Gasteiger charge is -2.29. The van der Waals surface area contributed by atoms with Crippen LogP contribution in [0.1, 0.15) is 40.3 Å². The molecule has 154 valence electrons. The van der Waals surface area contributed by atoms with Crippen molar-refractivity contribution in [3.63, 3.8) is 0 Å². The van der Waals surface area contributed by atoms with Gasteiger partial charge in [0.1, 0.15) is 5.60 Å². The van der Waals surface area contributed by atoms with Gasteiger partial charge in [0.25, 0.3) is 0 Å². The van der Waals surface area contributed by atoms with E-state index in [2.05, 4.69) is 44.1 Å². The number of nitrogens with zero attached hydrogens (tertiary/aromatic N) is 1. The fourth-order valence-electron chi connectivity index (χ4n) is 2.73. The minimum atomic E-state index is -0.520. The highest BCUT2D eigenvalue weighted by Gasteiger charge is 2.24. The number of carbonyl (C=O) groups excluding carboxylic acids is 1. The molecule has 2 rings (SSSR count). The van der Waals surface area contributed by atoms with Gasteiger partial charge in [0.15, 0.2) is 5.96 Å². The normalized spacial score (nSPS) is 12.7. The number of fused-ring (bicyclic) bond motifs is 1. The molecule has 0 unspecified atom stereocenters. The molecular weight excluding hydrogens is 354 g/mol. The number of aliphatic imine (C=N–C) groups is 1. The van der Waals surface area contributed by atoms with Gasteiger partial charge in [-0.3, -0.25) is 4.99 Å². The van der Waals surface area contributed by atoms with Gasteiger partial charge in [0, 0.05) is 37.8 Å². The first-order valence-electron chi connectivity index (χ1n) is 9.60. The van der Waals surface area contributed by atoms with Gasteiger partial charge in [-0.25, -0.2) is 4.79 Å². The van der Waals surface area contributed by atoms with E-state index in [0.29, 0.717) is 12.5 Å². The third kappa shape index (κ3) is 7.13. The van der Waals surface area contributed by atoms with Gasteiger partial charge in [0.05, 0.1) is 5.54 Å². The van der Waals surface area contributed by atoms with E-state index < -0.39 is 17.2 Å². The fraction of sp³-hybridized carbons (Fsp3) is 0.524. The second-order valence-electron chi connectivity index (χ2n) is 8.50. The molecule has 0 saturated carbocycles. The molecule has 1 heterocycles. The molecule has 1 aromatic carbocycles. The molecule has 0 saturated heterocycles. The van der Waals surface area contributed by atoms with Crippen molar-refractivity contribution in [3.05, 3.63) is 36.0 Å². The lowest BCUT2D eigenvalue weighted by atomic mass is 10.1. The largest absolute Gasteiger partial charge is 0.444 e. The quantitative estimate of drug-likeness (QED) is 0.453. The van der Waals surface area contributed by atoms with Crippen LogP contribution in [-0.2, 0) is 11.2 Å². The Bertz CT molecular complexity index is 785. The molecule has 7 heteroatoms. The number of alkyl carbamates (subject to hydrolysis) is 1. The number of nitrogens with one attached hydrogen (secondary N) is 4. The first-order valence-corrected chi connectivity index (χ1v) is 9.60. The third-order valence-electron chi connectivity index (χ3n) is 4.03. The van der Waals surface area contributed by atoms with Crippen LogP contribution in [0.15, 0.2) is 35.3 Å². The van der Waals surface area contributed by atoms with E-state index in [9.17, 15) is 4.79 Å². The molecule has 1 amide bonds. The van der Waals surface area contributed by atoms with Crippen LogP contribution in [-0.4, -0.2) is 48.3 Å². The van der Waals surface area contributed by atoms with E-state index in [-0.39, 0.29) is 0 Å². The minimum Gasteiger partial charge on any atom is -0.444 e. The van der Waals surface area contributed by atoms with Crippen LogP contribution in [0.25, 0.3) is 10.9 Å². The van der Waals surface area contributed by atoms with Crippen LogP contribution in [0, 0.1) is 0 Å². The Labute approximate surface area is 167 Å². The Morgan fingerprint density at radius 1 is 1.14 bits per heavy atom. The van der Waals surface area contributed by atoms with Crippen LogP contribution in [0.4, 0.5) is 4.79 Å². The summed E-state index contributed by atoms with van der Waals surface area (Å²) >= 11 is 0. The third-order valence-corrected chi connectivity index (χ3v) is 4.03. The average molecular weight is 388 g/mol. The zero-order chi connectivity index (χ0) is 20.8. The van der Waals surface area contributed by atoms with Crippen LogP contribution in [0.2, 0.25) is 0 Å². The maximum Gasteiger partial charge on any atom is 0.408 e. The highest BCUT2D eigenvalue weighted by atomic mass is 16.6. The summed E-state index contributed by atoms with van der Waals surface area (Å²) in [5, 5.41) is 10.6. The number of hydrogen-bond donors (Lipinski definition) is 4. The first-order chi connectivity index (χ1) is 13.1. The molecule has 0 atom stereocenters. The van der Waals surface area contributed by atoms with Crippen molar-refractivity contribution >= 4 is 23.0 Å². The Balaban J connectivity index is 1.77. The van der Waals surface area contributed by atoms with Gasteiger partial charge in [-0.2, -0.15) is 0 Å². The molecule has 4 N–H and O–H groups in total. The van der Waals surface area contributed by atoms with Crippen LogP contribution in [0.5, 0.6) is 0 Å². The fourth-order valence-corrected chi connectivity index (χ4v) is 2.73. The molecule has 0 bridgehead atoms. The molecule has 28 heavy (non-hydrogen) atoms. The van der Waals surface area contributed by atoms with E-state index in [1.807, 2.05) is 46.8 Å². The van der Waals surface area contributed by atoms with Gasteiger partial charge in [-0.15, -0.1) is 0 Å². The second kappa shape index (κ2) is 8.99. The molecule has 0 aliphatic carbocycles. The maximum atomic E-state index is 12.0. The average Bonchev–Trinajstić information content (AvgIpc) is 2.98. The summed E-state index contributed by atoms with van der Waals surface area (Å²) in [7, 11) is 1.73. The number of carbonyl (C=O) groups is 1. The highest BCUT2D eigenvalue weighted by molar-refractivity contribution is 5.81. The van der Waals surface area contributed by atoms with Crippen molar-refractivity contribution in [1.82, 2.24) is 20.9 Å². The monoisotopic (exact) mass is 387 g/mol. The standard InChI is InChI=1S/C21H33N5O2/c1-20(2,3)28-19(27)26-21(4,5)14-24-18(22-6)23-12-11-16-13-15-9-7-8-10-17(15)25-16/h7-10,13,25H,11-12,14H2,1-6H3,(H,26,27)(H2,22,23,24). The summed E-state index contributed by atoms with van der Waals surface area (Å²) in [5.41, 5.74) is 1.32. The molecule has 0 aliphatic heterocycles. The SMILES string of the molecule is CN=C(NCCc1cc2ccccc2[nH]1)NCC(C)(C)NC(=O)OC(C)(C)C. The summed E-state index contributed by atoms with van der Waals surface area (Å²) in [6, 6.07) is 10.4. The van der Waals surface area contributed by atoms with Crippen molar-refractivity contribution < 1.29 is 9.53 Å². The van der Waals surface area contributed by atoms with Crippen LogP contribution >= 0.6 is 0 Å². The second-order valence-corrected chi connectivity index (χ2v) is 8.50. The highest BCUT2D eigenvalue weighted by Crippen LogP contribution is 2.14. The molecule has 1 aromatic heterocycles. The first kappa shape index (κ1) is 21.6. The number of aromatic amines is 1. The van der Waals surface area contributed by atoms with Crippen LogP contribution in [0.3, 0.4) is 0 Å². The van der Waals surface area contributed by atoms with Gasteiger partial charge in [-0.1, -0.05) is 18.2 Å². The number of benzene rings is 1. The predicted molar refractivity (Wildman–Crippen MR) is 115 cm³/mol. The number of para-hydroxylation sites is 1. The van der Waals surface area contributed by atoms with Crippen LogP contribution < -0.4 is 16.0 Å². The number of guanidine groups is 1. The summed E-state index contributed by atoms with van der Waals surface area (Å²) in [4.78, 5) is 19.6. The summed E-state index contributed by atoms with van der Waals surface area (Å²) in [6.45, 7) is 10.7. The minimum absolute atomic E-state index is 0.430. The molecule has 2 aromatic rings. The number of rotatable bonds is 6. The molecule has 0 fully saturated rings. The van der Waals surface area contributed by atoms with E-state index in [1.54, 1.807) is 7.05 Å². The van der Waals surface area contributed by atoms with E-state index >= 15 is 0 Å². The molecule has 0 aliphatic rings. The van der Waals surface area contributed by atoms with Crippen molar-refractivity contribution in [1.29, 1.82) is 0 Å². The Kier molecular flexibility index (Phi) is 6.94. The van der Waals surface area contributed by atoms with E-state index in [0.717, 1.165) is 18.5 Å². The molecule has 0 spiro atoms. The lowest BCUT2D eigenvalue weighted by Crippen LogP contribution is -2.54. The van der Waals surface area contributed by atoms with E-state index in [4.69, 9.17) is 4.74 Å². The number of H-pyrrole nitrogens is 1. The Hall–Kier alpha value is -2.70. The smallest absolute Gasteiger partial charge is 0.408 e. The zero-order valence-corrected chi connectivity index (χ0v) is 17.8.